The van der Waals surface area contributed by atoms with Crippen molar-refractivity contribution in [1.82, 2.24) is 0 Å². The van der Waals surface area contributed by atoms with Gasteiger partial charge >= 0.3 is 0 Å². The van der Waals surface area contributed by atoms with Crippen molar-refractivity contribution in [3.05, 3.63) is 29.3 Å². The number of hydrogen-bond acceptors (Lipinski definition) is 2. The Morgan fingerprint density at radius 2 is 2.07 bits per heavy atom. The van der Waals surface area contributed by atoms with Crippen molar-refractivity contribution in [1.29, 1.82) is 0 Å². The standard InChI is InChI=1S/C12H19NO/c1-9(2)14-12-10(3)5-4-6-11(12)7-8-13/h4-6,9H,7-8,13H2,1-3H3. The van der Waals surface area contributed by atoms with E-state index in [2.05, 4.69) is 19.1 Å². The molecule has 2 N–H and O–H groups in total. The van der Waals surface area contributed by atoms with Crippen molar-refractivity contribution in [2.75, 3.05) is 6.54 Å². The molecule has 14 heavy (non-hydrogen) atoms. The van der Waals surface area contributed by atoms with Crippen LogP contribution in [-0.2, 0) is 6.42 Å². The van der Waals surface area contributed by atoms with E-state index < -0.39 is 0 Å². The molecule has 1 aromatic carbocycles. The Labute approximate surface area is 86.1 Å². The van der Waals surface area contributed by atoms with E-state index in [0.29, 0.717) is 6.54 Å². The molecule has 0 aliphatic carbocycles. The van der Waals surface area contributed by atoms with Crippen LogP contribution in [0.15, 0.2) is 18.2 Å². The van der Waals surface area contributed by atoms with Gasteiger partial charge in [-0.25, -0.2) is 0 Å². The van der Waals surface area contributed by atoms with Crippen LogP contribution in [0.25, 0.3) is 0 Å². The van der Waals surface area contributed by atoms with Crippen molar-refractivity contribution in [3.63, 3.8) is 0 Å². The lowest BCUT2D eigenvalue weighted by molar-refractivity contribution is 0.238. The molecule has 2 heteroatoms. The van der Waals surface area contributed by atoms with Gasteiger partial charge in [0, 0.05) is 0 Å². The van der Waals surface area contributed by atoms with E-state index in [4.69, 9.17) is 10.5 Å². The fourth-order valence-corrected chi connectivity index (χ4v) is 1.47. The normalized spacial score (nSPS) is 10.6. The number of rotatable bonds is 4. The zero-order valence-electron chi connectivity index (χ0n) is 9.21. The first kappa shape index (κ1) is 11.1. The van der Waals surface area contributed by atoms with E-state index in [1.807, 2.05) is 19.9 Å². The number of nitrogens with two attached hydrogens (primary N) is 1. The largest absolute Gasteiger partial charge is 0.490 e. The average molecular weight is 193 g/mol. The van der Waals surface area contributed by atoms with Crippen LogP contribution >= 0.6 is 0 Å². The maximum atomic E-state index is 5.77. The van der Waals surface area contributed by atoms with Crippen LogP contribution in [0.4, 0.5) is 0 Å². The van der Waals surface area contributed by atoms with Gasteiger partial charge in [0.15, 0.2) is 0 Å². The number of hydrogen-bond donors (Lipinski definition) is 1. The average Bonchev–Trinajstić information content (AvgIpc) is 2.11. The summed E-state index contributed by atoms with van der Waals surface area (Å²) in [5.41, 5.74) is 7.95. The molecule has 0 radical (unpaired) electrons. The van der Waals surface area contributed by atoms with Gasteiger partial charge in [0.1, 0.15) is 5.75 Å². The van der Waals surface area contributed by atoms with Crippen LogP contribution in [0.2, 0.25) is 0 Å². The first-order valence-corrected chi connectivity index (χ1v) is 5.10. The van der Waals surface area contributed by atoms with Gasteiger partial charge in [0.25, 0.3) is 0 Å². The van der Waals surface area contributed by atoms with E-state index >= 15 is 0 Å². The smallest absolute Gasteiger partial charge is 0.125 e. The van der Waals surface area contributed by atoms with Crippen LogP contribution in [0, 0.1) is 6.92 Å². The summed E-state index contributed by atoms with van der Waals surface area (Å²) < 4.78 is 5.77. The molecule has 0 aromatic heterocycles. The predicted octanol–water partition coefficient (Wildman–Crippen LogP) is 2.28. The third-order valence-electron chi connectivity index (χ3n) is 2.06. The van der Waals surface area contributed by atoms with E-state index in [1.54, 1.807) is 0 Å². The van der Waals surface area contributed by atoms with Crippen molar-refractivity contribution in [3.8, 4) is 5.75 Å². The minimum atomic E-state index is 0.215. The molecule has 1 aromatic rings. The van der Waals surface area contributed by atoms with Gasteiger partial charge in [-0.15, -0.1) is 0 Å². The summed E-state index contributed by atoms with van der Waals surface area (Å²) in [6.45, 7) is 6.81. The van der Waals surface area contributed by atoms with Crippen LogP contribution in [0.1, 0.15) is 25.0 Å². The monoisotopic (exact) mass is 193 g/mol. The summed E-state index contributed by atoms with van der Waals surface area (Å²) >= 11 is 0. The second kappa shape index (κ2) is 5.01. The lowest BCUT2D eigenvalue weighted by Gasteiger charge is -2.16. The Bertz CT molecular complexity index is 294. The molecule has 0 atom stereocenters. The maximum Gasteiger partial charge on any atom is 0.125 e. The summed E-state index contributed by atoms with van der Waals surface area (Å²) in [6.07, 6.45) is 1.09. The lowest BCUT2D eigenvalue weighted by atomic mass is 10.1. The van der Waals surface area contributed by atoms with E-state index in [0.717, 1.165) is 12.2 Å². The molecule has 0 aliphatic rings. The fourth-order valence-electron chi connectivity index (χ4n) is 1.47. The highest BCUT2D eigenvalue weighted by Crippen LogP contribution is 2.24. The molecule has 0 saturated heterocycles. The Hall–Kier alpha value is -1.02. The molecule has 1 rings (SSSR count). The highest BCUT2D eigenvalue weighted by molar-refractivity contribution is 5.41. The summed E-state index contributed by atoms with van der Waals surface area (Å²) in [4.78, 5) is 0. The third kappa shape index (κ3) is 2.74. The molecule has 0 heterocycles. The second-order valence-electron chi connectivity index (χ2n) is 3.77. The number of para-hydroxylation sites is 1. The van der Waals surface area contributed by atoms with E-state index in [9.17, 15) is 0 Å². The van der Waals surface area contributed by atoms with Gasteiger partial charge < -0.3 is 10.5 Å². The summed E-state index contributed by atoms with van der Waals surface area (Å²) in [5.74, 6) is 1.01. The Morgan fingerprint density at radius 3 is 2.64 bits per heavy atom. The maximum absolute atomic E-state index is 5.77. The summed E-state index contributed by atoms with van der Waals surface area (Å²) in [6, 6.07) is 6.20. The first-order valence-electron chi connectivity index (χ1n) is 5.10. The molecule has 0 saturated carbocycles. The molecule has 78 valence electrons. The quantitative estimate of drug-likeness (QED) is 0.796. The van der Waals surface area contributed by atoms with Gasteiger partial charge in [-0.1, -0.05) is 18.2 Å². The van der Waals surface area contributed by atoms with Gasteiger partial charge in [-0.2, -0.15) is 0 Å². The third-order valence-corrected chi connectivity index (χ3v) is 2.06. The van der Waals surface area contributed by atoms with Crippen molar-refractivity contribution >= 4 is 0 Å². The Balaban J connectivity index is 2.96. The van der Waals surface area contributed by atoms with Gasteiger partial charge in [-0.05, 0) is 44.9 Å². The molecular weight excluding hydrogens is 174 g/mol. The molecular formula is C12H19NO. The predicted molar refractivity (Wildman–Crippen MR) is 59.7 cm³/mol. The first-order chi connectivity index (χ1) is 6.65. The minimum Gasteiger partial charge on any atom is -0.490 e. The van der Waals surface area contributed by atoms with Gasteiger partial charge in [0.2, 0.25) is 0 Å². The highest BCUT2D eigenvalue weighted by atomic mass is 16.5. The number of aryl methyl sites for hydroxylation is 1. The fraction of sp³-hybridized carbons (Fsp3) is 0.500. The highest BCUT2D eigenvalue weighted by Gasteiger charge is 2.07. The SMILES string of the molecule is Cc1cccc(CCN)c1OC(C)C. The van der Waals surface area contributed by atoms with E-state index in [-0.39, 0.29) is 6.10 Å². The molecule has 0 bridgehead atoms. The molecule has 0 spiro atoms. The zero-order valence-corrected chi connectivity index (χ0v) is 9.21. The van der Waals surface area contributed by atoms with Crippen LogP contribution < -0.4 is 10.5 Å². The van der Waals surface area contributed by atoms with Gasteiger partial charge in [0.05, 0.1) is 6.10 Å². The van der Waals surface area contributed by atoms with Crippen LogP contribution in [0.3, 0.4) is 0 Å². The topological polar surface area (TPSA) is 35.2 Å². The van der Waals surface area contributed by atoms with Crippen LogP contribution in [0.5, 0.6) is 5.75 Å². The number of ether oxygens (including phenoxy) is 1. The lowest BCUT2D eigenvalue weighted by Crippen LogP contribution is -2.11. The van der Waals surface area contributed by atoms with Crippen molar-refractivity contribution in [2.24, 2.45) is 5.73 Å². The molecule has 0 unspecified atom stereocenters. The Morgan fingerprint density at radius 1 is 1.36 bits per heavy atom. The molecule has 0 fully saturated rings. The minimum absolute atomic E-state index is 0.215. The van der Waals surface area contributed by atoms with Crippen molar-refractivity contribution < 1.29 is 4.74 Å². The summed E-state index contributed by atoms with van der Waals surface area (Å²) in [7, 11) is 0. The Kier molecular flexibility index (Phi) is 3.96. The molecule has 0 aliphatic heterocycles. The van der Waals surface area contributed by atoms with Crippen LogP contribution in [-0.4, -0.2) is 12.6 Å². The number of benzene rings is 1. The summed E-state index contributed by atoms with van der Waals surface area (Å²) in [5, 5.41) is 0. The molecule has 0 amide bonds. The van der Waals surface area contributed by atoms with Gasteiger partial charge in [-0.3, -0.25) is 0 Å². The van der Waals surface area contributed by atoms with E-state index in [1.165, 1.54) is 11.1 Å². The second-order valence-corrected chi connectivity index (χ2v) is 3.77. The van der Waals surface area contributed by atoms with Crippen molar-refractivity contribution in [2.45, 2.75) is 33.3 Å². The molecule has 2 nitrogen and oxygen atoms in total. The zero-order chi connectivity index (χ0) is 10.6.